The van der Waals surface area contributed by atoms with E-state index in [0.29, 0.717) is 5.65 Å². The number of carbonyl (C=O) groups is 1. The zero-order chi connectivity index (χ0) is 13.2. The monoisotopic (exact) mass is 261 g/mol. The Labute approximate surface area is 110 Å². The normalized spacial score (nSPS) is 16.8. The van der Waals surface area contributed by atoms with Crippen molar-refractivity contribution < 1.29 is 14.6 Å². The van der Waals surface area contributed by atoms with E-state index in [-0.39, 0.29) is 5.69 Å². The first-order valence-corrected chi connectivity index (χ1v) is 6.24. The van der Waals surface area contributed by atoms with Gasteiger partial charge >= 0.3 is 5.97 Å². The number of nitrogens with zero attached hydrogens (tertiary/aromatic N) is 3. The third-order valence-electron chi connectivity index (χ3n) is 3.28. The predicted molar refractivity (Wildman–Crippen MR) is 68.2 cm³/mol. The summed E-state index contributed by atoms with van der Waals surface area (Å²) in [7, 11) is 0. The van der Waals surface area contributed by atoms with Crippen LogP contribution in [0.15, 0.2) is 24.4 Å². The average molecular weight is 261 g/mol. The van der Waals surface area contributed by atoms with Crippen molar-refractivity contribution in [3.63, 3.8) is 0 Å². The standard InChI is InChI=1S/C13H15N3O3/c17-13(18)11-9-16-10(2-1-3-12(16)14-11)8-15-4-6-19-7-5-15/h1-3,9H,4-8H2,(H,17,18). The molecule has 6 nitrogen and oxygen atoms in total. The quantitative estimate of drug-likeness (QED) is 0.887. The number of morpholine rings is 1. The molecule has 19 heavy (non-hydrogen) atoms. The molecule has 2 aromatic heterocycles. The van der Waals surface area contributed by atoms with E-state index in [4.69, 9.17) is 9.84 Å². The number of aromatic nitrogens is 2. The van der Waals surface area contributed by atoms with Gasteiger partial charge in [0.05, 0.1) is 13.2 Å². The summed E-state index contributed by atoms with van der Waals surface area (Å²) in [5.74, 6) is -0.999. The second kappa shape index (κ2) is 4.99. The molecule has 0 unspecified atom stereocenters. The second-order valence-electron chi connectivity index (χ2n) is 4.57. The summed E-state index contributed by atoms with van der Waals surface area (Å²) < 4.78 is 7.17. The fraction of sp³-hybridized carbons (Fsp3) is 0.385. The molecule has 1 N–H and O–H groups in total. The Hall–Kier alpha value is -1.92. The van der Waals surface area contributed by atoms with Crippen LogP contribution in [-0.4, -0.2) is 51.7 Å². The lowest BCUT2D eigenvalue weighted by atomic mass is 10.3. The SMILES string of the molecule is O=C(O)c1cn2c(CN3CCOCC3)cccc2n1. The molecule has 0 bridgehead atoms. The summed E-state index contributed by atoms with van der Waals surface area (Å²) in [6.45, 7) is 4.07. The number of aromatic carboxylic acids is 1. The zero-order valence-electron chi connectivity index (χ0n) is 10.5. The van der Waals surface area contributed by atoms with Crippen LogP contribution >= 0.6 is 0 Å². The summed E-state index contributed by atoms with van der Waals surface area (Å²) >= 11 is 0. The van der Waals surface area contributed by atoms with Crippen LogP contribution in [-0.2, 0) is 11.3 Å². The number of carboxylic acid groups (broad SMARTS) is 1. The van der Waals surface area contributed by atoms with Gasteiger partial charge in [-0.3, -0.25) is 4.90 Å². The van der Waals surface area contributed by atoms with Crippen LogP contribution < -0.4 is 0 Å². The summed E-state index contributed by atoms with van der Waals surface area (Å²) in [6.07, 6.45) is 1.58. The van der Waals surface area contributed by atoms with Gasteiger partial charge in [0.15, 0.2) is 5.69 Å². The van der Waals surface area contributed by atoms with Crippen molar-refractivity contribution in [3.8, 4) is 0 Å². The first-order chi connectivity index (χ1) is 9.24. The smallest absolute Gasteiger partial charge is 0.356 e. The van der Waals surface area contributed by atoms with Gasteiger partial charge in [-0.15, -0.1) is 0 Å². The predicted octanol–water partition coefficient (Wildman–Crippen LogP) is 0.865. The highest BCUT2D eigenvalue weighted by Gasteiger charge is 2.14. The van der Waals surface area contributed by atoms with E-state index in [1.165, 1.54) is 0 Å². The van der Waals surface area contributed by atoms with E-state index >= 15 is 0 Å². The van der Waals surface area contributed by atoms with Gasteiger partial charge in [-0.25, -0.2) is 9.78 Å². The largest absolute Gasteiger partial charge is 0.476 e. The molecule has 2 aromatic rings. The summed E-state index contributed by atoms with van der Waals surface area (Å²) in [6, 6.07) is 5.72. The highest BCUT2D eigenvalue weighted by Crippen LogP contribution is 2.12. The van der Waals surface area contributed by atoms with E-state index in [2.05, 4.69) is 9.88 Å². The van der Waals surface area contributed by atoms with Crippen LogP contribution in [0, 0.1) is 0 Å². The molecule has 0 spiro atoms. The number of hydrogen-bond donors (Lipinski definition) is 1. The van der Waals surface area contributed by atoms with E-state index in [1.54, 1.807) is 6.20 Å². The van der Waals surface area contributed by atoms with Crippen LogP contribution in [0.5, 0.6) is 0 Å². The first-order valence-electron chi connectivity index (χ1n) is 6.24. The van der Waals surface area contributed by atoms with Gasteiger partial charge < -0.3 is 14.2 Å². The minimum absolute atomic E-state index is 0.0782. The molecule has 1 aliphatic heterocycles. The number of pyridine rings is 1. The Morgan fingerprint density at radius 1 is 1.37 bits per heavy atom. The fourth-order valence-electron chi connectivity index (χ4n) is 2.29. The molecule has 6 heteroatoms. The van der Waals surface area contributed by atoms with Crippen molar-refractivity contribution in [1.82, 2.24) is 14.3 Å². The molecule has 1 aliphatic rings. The third kappa shape index (κ3) is 2.45. The van der Waals surface area contributed by atoms with Crippen molar-refractivity contribution in [2.75, 3.05) is 26.3 Å². The second-order valence-corrected chi connectivity index (χ2v) is 4.57. The highest BCUT2D eigenvalue weighted by molar-refractivity contribution is 5.86. The fourth-order valence-corrected chi connectivity index (χ4v) is 2.29. The van der Waals surface area contributed by atoms with Crippen molar-refractivity contribution in [2.24, 2.45) is 0 Å². The van der Waals surface area contributed by atoms with Gasteiger partial charge in [-0.05, 0) is 12.1 Å². The van der Waals surface area contributed by atoms with Crippen molar-refractivity contribution in [2.45, 2.75) is 6.54 Å². The van der Waals surface area contributed by atoms with Crippen LogP contribution in [0.1, 0.15) is 16.2 Å². The van der Waals surface area contributed by atoms with Gasteiger partial charge in [0, 0.05) is 31.5 Å². The summed E-state index contributed by atoms with van der Waals surface area (Å²) in [4.78, 5) is 17.3. The number of fused-ring (bicyclic) bond motifs is 1. The topological polar surface area (TPSA) is 67.1 Å². The van der Waals surface area contributed by atoms with Gasteiger partial charge in [0.1, 0.15) is 5.65 Å². The van der Waals surface area contributed by atoms with E-state index in [1.807, 2.05) is 22.6 Å². The van der Waals surface area contributed by atoms with Crippen molar-refractivity contribution in [1.29, 1.82) is 0 Å². The maximum Gasteiger partial charge on any atom is 0.356 e. The molecular weight excluding hydrogens is 246 g/mol. The van der Waals surface area contributed by atoms with Crippen LogP contribution in [0.4, 0.5) is 0 Å². The highest BCUT2D eigenvalue weighted by atomic mass is 16.5. The average Bonchev–Trinajstić information content (AvgIpc) is 2.85. The molecule has 3 heterocycles. The Balaban J connectivity index is 1.91. The molecule has 1 saturated heterocycles. The lowest BCUT2D eigenvalue weighted by molar-refractivity contribution is 0.0335. The Morgan fingerprint density at radius 2 is 2.16 bits per heavy atom. The molecule has 3 rings (SSSR count). The number of hydrogen-bond acceptors (Lipinski definition) is 4. The number of ether oxygens (including phenoxy) is 1. The molecule has 0 aliphatic carbocycles. The Kier molecular flexibility index (Phi) is 3.18. The molecule has 0 atom stereocenters. The molecule has 1 fully saturated rings. The molecule has 0 aromatic carbocycles. The summed E-state index contributed by atoms with van der Waals surface area (Å²) in [5.41, 5.74) is 1.79. The number of imidazole rings is 1. The van der Waals surface area contributed by atoms with Crippen LogP contribution in [0.3, 0.4) is 0 Å². The molecule has 0 radical (unpaired) electrons. The number of carboxylic acids is 1. The Morgan fingerprint density at radius 3 is 2.89 bits per heavy atom. The Bertz CT molecular complexity index is 602. The molecule has 100 valence electrons. The van der Waals surface area contributed by atoms with E-state index in [9.17, 15) is 4.79 Å². The number of rotatable bonds is 3. The molecule has 0 amide bonds. The van der Waals surface area contributed by atoms with Crippen molar-refractivity contribution in [3.05, 3.63) is 35.8 Å². The summed E-state index contributed by atoms with van der Waals surface area (Å²) in [5, 5.41) is 9.00. The van der Waals surface area contributed by atoms with Crippen molar-refractivity contribution >= 4 is 11.6 Å². The van der Waals surface area contributed by atoms with Gasteiger partial charge in [0.2, 0.25) is 0 Å². The van der Waals surface area contributed by atoms with Crippen LogP contribution in [0.2, 0.25) is 0 Å². The molecular formula is C13H15N3O3. The third-order valence-corrected chi connectivity index (χ3v) is 3.28. The minimum Gasteiger partial charge on any atom is -0.476 e. The van der Waals surface area contributed by atoms with Gasteiger partial charge in [-0.1, -0.05) is 6.07 Å². The molecule has 0 saturated carbocycles. The van der Waals surface area contributed by atoms with E-state index in [0.717, 1.165) is 38.5 Å². The zero-order valence-corrected chi connectivity index (χ0v) is 10.5. The maximum absolute atomic E-state index is 11.0. The lowest BCUT2D eigenvalue weighted by Gasteiger charge is -2.26. The maximum atomic E-state index is 11.0. The minimum atomic E-state index is -0.999. The van der Waals surface area contributed by atoms with Gasteiger partial charge in [-0.2, -0.15) is 0 Å². The van der Waals surface area contributed by atoms with Gasteiger partial charge in [0.25, 0.3) is 0 Å². The van der Waals surface area contributed by atoms with Crippen LogP contribution in [0.25, 0.3) is 5.65 Å². The van der Waals surface area contributed by atoms with E-state index < -0.39 is 5.97 Å². The first kappa shape index (κ1) is 12.1. The lowest BCUT2D eigenvalue weighted by Crippen LogP contribution is -2.36.